The molecule has 0 saturated carbocycles. The van der Waals surface area contributed by atoms with E-state index in [2.05, 4.69) is 29.7 Å². The number of thioether (sulfide) groups is 1. The molecule has 0 aliphatic carbocycles. The summed E-state index contributed by atoms with van der Waals surface area (Å²) in [4.78, 5) is 27.8. The molecule has 2 aromatic rings. The molecule has 0 unspecified atom stereocenters. The molecule has 2 atom stereocenters. The minimum Gasteiger partial charge on any atom is -0.354 e. The van der Waals surface area contributed by atoms with Crippen molar-refractivity contribution in [3.63, 3.8) is 0 Å². The summed E-state index contributed by atoms with van der Waals surface area (Å²) in [6.45, 7) is 4.68. The number of nitrogens with zero attached hydrogens (tertiary/aromatic N) is 1. The van der Waals surface area contributed by atoms with Crippen LogP contribution in [0.25, 0.3) is 0 Å². The zero-order valence-electron chi connectivity index (χ0n) is 17.6. The zero-order valence-corrected chi connectivity index (χ0v) is 18.5. The lowest BCUT2D eigenvalue weighted by atomic mass is 9.96. The minimum atomic E-state index is -0.398. The molecule has 5 nitrogen and oxygen atoms in total. The van der Waals surface area contributed by atoms with E-state index in [1.165, 1.54) is 5.56 Å². The molecular formula is C23H31N3O2S. The average Bonchev–Trinajstić information content (AvgIpc) is 2.74. The number of hydrogen-bond donors (Lipinski definition) is 2. The number of rotatable bonds is 10. The van der Waals surface area contributed by atoms with Crippen LogP contribution in [0.2, 0.25) is 0 Å². The van der Waals surface area contributed by atoms with E-state index in [1.54, 1.807) is 23.7 Å². The van der Waals surface area contributed by atoms with Crippen LogP contribution in [-0.2, 0) is 9.59 Å². The van der Waals surface area contributed by atoms with E-state index in [4.69, 9.17) is 0 Å². The fraction of sp³-hybridized carbons (Fsp3) is 0.391. The van der Waals surface area contributed by atoms with Crippen LogP contribution in [0.3, 0.4) is 0 Å². The van der Waals surface area contributed by atoms with E-state index in [9.17, 15) is 9.59 Å². The van der Waals surface area contributed by atoms with E-state index in [0.29, 0.717) is 6.54 Å². The van der Waals surface area contributed by atoms with Crippen LogP contribution in [0.1, 0.15) is 31.7 Å². The maximum Gasteiger partial charge on any atom is 0.238 e. The maximum absolute atomic E-state index is 12.6. The molecule has 0 fully saturated rings. The Hall–Kier alpha value is -2.31. The third-order valence-electron chi connectivity index (χ3n) is 5.10. The summed E-state index contributed by atoms with van der Waals surface area (Å²) in [6.07, 6.45) is 2.92. The Bertz CT molecular complexity index is 798. The first kappa shape index (κ1) is 23.0. The Morgan fingerprint density at radius 1 is 1.07 bits per heavy atom. The lowest BCUT2D eigenvalue weighted by Crippen LogP contribution is -2.46. The first-order valence-corrected chi connectivity index (χ1v) is 11.1. The molecule has 2 rings (SSSR count). The summed E-state index contributed by atoms with van der Waals surface area (Å²) < 4.78 is 0. The third kappa shape index (κ3) is 6.91. The van der Waals surface area contributed by atoms with E-state index < -0.39 is 6.04 Å². The summed E-state index contributed by atoms with van der Waals surface area (Å²) in [5.74, 6) is 0.0764. The number of carbonyl (C=O) groups excluding carboxylic acids is 2. The van der Waals surface area contributed by atoms with Gasteiger partial charge in [-0.15, -0.1) is 11.8 Å². The normalized spacial score (nSPS) is 13.0. The van der Waals surface area contributed by atoms with E-state index in [-0.39, 0.29) is 24.3 Å². The van der Waals surface area contributed by atoms with Crippen LogP contribution in [0.5, 0.6) is 0 Å². The molecule has 0 saturated heterocycles. The number of nitrogens with one attached hydrogen (secondary N) is 2. The molecule has 2 aromatic carbocycles. The molecule has 2 amide bonds. The Balaban J connectivity index is 1.85. The Morgan fingerprint density at radius 3 is 2.38 bits per heavy atom. The van der Waals surface area contributed by atoms with Crippen molar-refractivity contribution < 1.29 is 9.59 Å². The molecule has 0 aromatic heterocycles. The van der Waals surface area contributed by atoms with Crippen LogP contribution < -0.4 is 10.6 Å². The zero-order chi connectivity index (χ0) is 21.2. The van der Waals surface area contributed by atoms with Gasteiger partial charge in [0, 0.05) is 17.4 Å². The highest BCUT2D eigenvalue weighted by atomic mass is 32.2. The van der Waals surface area contributed by atoms with Crippen molar-refractivity contribution >= 4 is 29.3 Å². The van der Waals surface area contributed by atoms with Gasteiger partial charge in [-0.05, 0) is 44.3 Å². The predicted octanol–water partition coefficient (Wildman–Crippen LogP) is 3.98. The van der Waals surface area contributed by atoms with Crippen molar-refractivity contribution in [3.05, 3.63) is 60.2 Å². The lowest BCUT2D eigenvalue weighted by Gasteiger charge is -2.25. The van der Waals surface area contributed by atoms with Gasteiger partial charge < -0.3 is 10.6 Å². The molecule has 156 valence electrons. The molecule has 2 N–H and O–H groups in total. The van der Waals surface area contributed by atoms with E-state index in [0.717, 1.165) is 17.0 Å². The summed E-state index contributed by atoms with van der Waals surface area (Å²) in [5, 5.41) is 5.97. The Labute approximate surface area is 178 Å². The number of anilines is 1. The summed E-state index contributed by atoms with van der Waals surface area (Å²) in [6, 6.07) is 17.5. The first-order chi connectivity index (χ1) is 14.0. The van der Waals surface area contributed by atoms with Gasteiger partial charge in [-0.3, -0.25) is 14.5 Å². The van der Waals surface area contributed by atoms with E-state index >= 15 is 0 Å². The molecule has 0 bridgehead atoms. The van der Waals surface area contributed by atoms with Crippen molar-refractivity contribution in [1.29, 1.82) is 0 Å². The Morgan fingerprint density at radius 2 is 1.72 bits per heavy atom. The molecule has 29 heavy (non-hydrogen) atoms. The fourth-order valence-electron chi connectivity index (χ4n) is 3.10. The van der Waals surface area contributed by atoms with Crippen molar-refractivity contribution in [2.75, 3.05) is 31.7 Å². The second-order valence-corrected chi connectivity index (χ2v) is 7.95. The van der Waals surface area contributed by atoms with E-state index in [1.807, 2.05) is 55.6 Å². The number of hydrogen-bond acceptors (Lipinski definition) is 4. The average molecular weight is 414 g/mol. The summed E-state index contributed by atoms with van der Waals surface area (Å²) in [7, 11) is 1.79. The third-order valence-corrected chi connectivity index (χ3v) is 5.90. The van der Waals surface area contributed by atoms with Gasteiger partial charge in [-0.1, -0.05) is 49.4 Å². The van der Waals surface area contributed by atoms with Gasteiger partial charge in [0.1, 0.15) is 0 Å². The molecule has 0 radical (unpaired) electrons. The Kier molecular flexibility index (Phi) is 9.22. The molecule has 0 heterocycles. The van der Waals surface area contributed by atoms with Crippen molar-refractivity contribution in [2.45, 2.75) is 37.1 Å². The monoisotopic (exact) mass is 413 g/mol. The van der Waals surface area contributed by atoms with Crippen LogP contribution in [0.4, 0.5) is 5.69 Å². The summed E-state index contributed by atoms with van der Waals surface area (Å²) in [5.41, 5.74) is 2.02. The van der Waals surface area contributed by atoms with Crippen LogP contribution in [-0.4, -0.2) is 49.1 Å². The molecule has 0 spiro atoms. The molecular weight excluding hydrogens is 382 g/mol. The lowest BCUT2D eigenvalue weighted by molar-refractivity contribution is -0.126. The fourth-order valence-corrected chi connectivity index (χ4v) is 3.65. The van der Waals surface area contributed by atoms with Gasteiger partial charge in [0.2, 0.25) is 11.8 Å². The number of carbonyl (C=O) groups is 2. The van der Waals surface area contributed by atoms with Gasteiger partial charge in [0.05, 0.1) is 18.3 Å². The standard InChI is InChI=1S/C23H31N3O2S/c1-5-18(19-11-7-6-8-12-19)15-24-23(28)17(2)26(3)16-22(27)25-20-13-9-10-14-21(20)29-4/h6-14,17-18H,5,15-16H2,1-4H3,(H,24,28)(H,25,27)/t17-,18-/m0/s1. The minimum absolute atomic E-state index is 0.0702. The van der Waals surface area contributed by atoms with Crippen molar-refractivity contribution in [1.82, 2.24) is 10.2 Å². The highest BCUT2D eigenvalue weighted by Gasteiger charge is 2.21. The summed E-state index contributed by atoms with van der Waals surface area (Å²) >= 11 is 1.58. The topological polar surface area (TPSA) is 61.4 Å². The SMILES string of the molecule is CC[C@@H](CNC(=O)[C@H](C)N(C)CC(=O)Nc1ccccc1SC)c1ccccc1. The second-order valence-electron chi connectivity index (χ2n) is 7.10. The van der Waals surface area contributed by atoms with Gasteiger partial charge in [-0.2, -0.15) is 0 Å². The second kappa shape index (κ2) is 11.6. The number of amides is 2. The molecule has 6 heteroatoms. The van der Waals surface area contributed by atoms with Gasteiger partial charge in [-0.25, -0.2) is 0 Å². The number of para-hydroxylation sites is 1. The molecule has 0 aliphatic rings. The highest BCUT2D eigenvalue weighted by molar-refractivity contribution is 7.98. The smallest absolute Gasteiger partial charge is 0.238 e. The number of likely N-dealkylation sites (N-methyl/N-ethyl adjacent to an activating group) is 1. The quantitative estimate of drug-likeness (QED) is 0.579. The highest BCUT2D eigenvalue weighted by Crippen LogP contribution is 2.24. The van der Waals surface area contributed by atoms with Crippen LogP contribution in [0, 0.1) is 0 Å². The van der Waals surface area contributed by atoms with Crippen LogP contribution in [0.15, 0.2) is 59.5 Å². The number of benzene rings is 2. The molecule has 0 aliphatic heterocycles. The first-order valence-electron chi connectivity index (χ1n) is 9.92. The maximum atomic E-state index is 12.6. The van der Waals surface area contributed by atoms with Crippen molar-refractivity contribution in [3.8, 4) is 0 Å². The van der Waals surface area contributed by atoms with Crippen LogP contribution >= 0.6 is 11.8 Å². The largest absolute Gasteiger partial charge is 0.354 e. The van der Waals surface area contributed by atoms with Gasteiger partial charge in [0.25, 0.3) is 0 Å². The van der Waals surface area contributed by atoms with Gasteiger partial charge >= 0.3 is 0 Å². The predicted molar refractivity (Wildman–Crippen MR) is 121 cm³/mol. The van der Waals surface area contributed by atoms with Crippen molar-refractivity contribution in [2.24, 2.45) is 0 Å². The van der Waals surface area contributed by atoms with Gasteiger partial charge in [0.15, 0.2) is 0 Å².